The van der Waals surface area contributed by atoms with Crippen molar-refractivity contribution in [1.29, 1.82) is 0 Å². The summed E-state index contributed by atoms with van der Waals surface area (Å²) in [4.78, 5) is 0. The smallest absolute Gasteiger partial charge is 0.283 e. The fourth-order valence-electron chi connectivity index (χ4n) is 1.28. The van der Waals surface area contributed by atoms with Gasteiger partial charge in [-0.05, 0) is 17.7 Å². The molecule has 0 aliphatic heterocycles. The van der Waals surface area contributed by atoms with Crippen LogP contribution < -0.4 is 0 Å². The second-order valence-corrected chi connectivity index (χ2v) is 4.38. The average molecular weight is 301 g/mol. The molecule has 0 aliphatic carbocycles. The van der Waals surface area contributed by atoms with E-state index in [1.807, 2.05) is 0 Å². The van der Waals surface area contributed by atoms with Crippen LogP contribution in [0.3, 0.4) is 0 Å². The normalized spacial score (nSPS) is 16.2. The Labute approximate surface area is 98.2 Å². The number of halogens is 5. The quantitative estimate of drug-likeness (QED) is 0.846. The molecule has 0 heterocycles. The second kappa shape index (κ2) is 4.33. The van der Waals surface area contributed by atoms with E-state index < -0.39 is 23.5 Å². The van der Waals surface area contributed by atoms with Crippen LogP contribution in [0.2, 0.25) is 0 Å². The van der Waals surface area contributed by atoms with Crippen LogP contribution in [0.4, 0.5) is 17.6 Å². The summed E-state index contributed by atoms with van der Waals surface area (Å²) in [5.41, 5.74) is -3.98. The van der Waals surface area contributed by atoms with Crippen molar-refractivity contribution in [2.45, 2.75) is 24.9 Å². The lowest BCUT2D eigenvalue weighted by molar-refractivity contribution is -0.236. The van der Waals surface area contributed by atoms with Gasteiger partial charge in [-0.15, -0.1) is 0 Å². The van der Waals surface area contributed by atoms with Gasteiger partial charge in [0.1, 0.15) is 0 Å². The summed E-state index contributed by atoms with van der Waals surface area (Å²) >= 11 is 3.04. The molecular weight excluding hydrogens is 292 g/mol. The van der Waals surface area contributed by atoms with Gasteiger partial charge in [-0.3, -0.25) is 0 Å². The highest BCUT2D eigenvalue weighted by molar-refractivity contribution is 9.10. The van der Waals surface area contributed by atoms with Gasteiger partial charge in [0, 0.05) is 11.4 Å². The van der Waals surface area contributed by atoms with Crippen molar-refractivity contribution in [3.8, 4) is 0 Å². The Balaban J connectivity index is 3.28. The van der Waals surface area contributed by atoms with Gasteiger partial charge in [0.25, 0.3) is 12.3 Å². The average Bonchev–Trinajstić information content (AvgIpc) is 2.15. The third-order valence-electron chi connectivity index (χ3n) is 2.27. The van der Waals surface area contributed by atoms with Crippen molar-refractivity contribution in [2.75, 3.05) is 0 Å². The molecule has 1 atom stereocenters. The van der Waals surface area contributed by atoms with E-state index in [0.717, 1.165) is 12.1 Å². The molecule has 0 aliphatic rings. The Morgan fingerprint density at radius 3 is 1.94 bits per heavy atom. The number of benzene rings is 1. The summed E-state index contributed by atoms with van der Waals surface area (Å²) < 4.78 is 51.9. The fraction of sp³-hybridized carbons (Fsp3) is 0.400. The predicted molar refractivity (Wildman–Crippen MR) is 54.7 cm³/mol. The third kappa shape index (κ3) is 2.22. The Kier molecular flexibility index (Phi) is 3.64. The van der Waals surface area contributed by atoms with Gasteiger partial charge < -0.3 is 5.11 Å². The third-order valence-corrected chi connectivity index (χ3v) is 2.80. The molecule has 0 fully saturated rings. The summed E-state index contributed by atoms with van der Waals surface area (Å²) in [5.74, 6) is -3.94. The highest BCUT2D eigenvalue weighted by atomic mass is 79.9. The lowest BCUT2D eigenvalue weighted by Crippen LogP contribution is -2.49. The van der Waals surface area contributed by atoms with Crippen LogP contribution >= 0.6 is 15.9 Å². The fourth-order valence-corrected chi connectivity index (χ4v) is 1.54. The molecule has 0 aromatic heterocycles. The summed E-state index contributed by atoms with van der Waals surface area (Å²) in [7, 11) is 0. The molecule has 1 unspecified atom stereocenters. The highest BCUT2D eigenvalue weighted by Crippen LogP contribution is 2.42. The number of rotatable bonds is 3. The zero-order valence-electron chi connectivity index (χ0n) is 8.22. The van der Waals surface area contributed by atoms with Crippen LogP contribution in [-0.4, -0.2) is 17.5 Å². The van der Waals surface area contributed by atoms with E-state index in [-0.39, 0.29) is 6.92 Å². The van der Waals surface area contributed by atoms with Crippen LogP contribution in [-0.2, 0) is 5.60 Å². The van der Waals surface area contributed by atoms with E-state index in [2.05, 4.69) is 15.9 Å². The zero-order chi connectivity index (χ0) is 12.6. The molecule has 0 bridgehead atoms. The van der Waals surface area contributed by atoms with Crippen LogP contribution in [0.1, 0.15) is 12.5 Å². The van der Waals surface area contributed by atoms with Crippen molar-refractivity contribution >= 4 is 15.9 Å². The lowest BCUT2D eigenvalue weighted by atomic mass is 9.88. The maximum atomic E-state index is 13.1. The van der Waals surface area contributed by atoms with Crippen molar-refractivity contribution in [3.63, 3.8) is 0 Å². The minimum atomic E-state index is -3.94. The number of aliphatic hydroxyl groups is 1. The summed E-state index contributed by atoms with van der Waals surface area (Å²) in [5, 5.41) is 9.47. The first-order chi connectivity index (χ1) is 7.19. The number of hydrogen-bond donors (Lipinski definition) is 1. The van der Waals surface area contributed by atoms with Crippen LogP contribution in [0, 0.1) is 0 Å². The molecule has 90 valence electrons. The van der Waals surface area contributed by atoms with E-state index in [1.54, 1.807) is 0 Å². The molecule has 1 N–H and O–H groups in total. The molecule has 1 aromatic rings. The molecule has 0 radical (unpaired) electrons. The highest BCUT2D eigenvalue weighted by Gasteiger charge is 2.57. The maximum Gasteiger partial charge on any atom is 0.283 e. The molecular formula is C10H9BrF4O. The Bertz CT molecular complexity index is 360. The topological polar surface area (TPSA) is 20.2 Å². The molecule has 1 rings (SSSR count). The second-order valence-electron chi connectivity index (χ2n) is 3.46. The number of alkyl halides is 4. The Morgan fingerprint density at radius 1 is 1.19 bits per heavy atom. The molecule has 0 amide bonds. The van der Waals surface area contributed by atoms with Crippen LogP contribution in [0.25, 0.3) is 0 Å². The maximum absolute atomic E-state index is 13.1. The number of hydrogen-bond acceptors (Lipinski definition) is 1. The van der Waals surface area contributed by atoms with Gasteiger partial charge in [0.15, 0.2) is 0 Å². The summed E-state index contributed by atoms with van der Waals surface area (Å²) in [6, 6.07) is 4.70. The van der Waals surface area contributed by atoms with E-state index >= 15 is 0 Å². The van der Waals surface area contributed by atoms with Gasteiger partial charge in [-0.1, -0.05) is 28.1 Å². The van der Waals surface area contributed by atoms with Crippen molar-refractivity contribution in [3.05, 3.63) is 34.3 Å². The SMILES string of the molecule is CC(F)(F)C(O)(c1ccc(Br)cc1)C(F)F. The van der Waals surface area contributed by atoms with E-state index in [1.165, 1.54) is 12.1 Å². The largest absolute Gasteiger partial charge is 0.374 e. The zero-order valence-corrected chi connectivity index (χ0v) is 9.81. The standard InChI is InChI=1S/C10H9BrF4O/c1-9(14,15)10(16,8(12)13)6-2-4-7(11)5-3-6/h2-5,8,16H,1H3. The monoisotopic (exact) mass is 300 g/mol. The summed E-state index contributed by atoms with van der Waals surface area (Å²) in [6.07, 6.45) is -3.58. The van der Waals surface area contributed by atoms with E-state index in [4.69, 9.17) is 0 Å². The molecule has 6 heteroatoms. The van der Waals surface area contributed by atoms with Crippen molar-refractivity contribution in [1.82, 2.24) is 0 Å². The van der Waals surface area contributed by atoms with Gasteiger partial charge in [0.2, 0.25) is 5.60 Å². The van der Waals surface area contributed by atoms with Crippen molar-refractivity contribution in [2.24, 2.45) is 0 Å². The first-order valence-corrected chi connectivity index (χ1v) is 5.13. The molecule has 0 saturated heterocycles. The van der Waals surface area contributed by atoms with E-state index in [0.29, 0.717) is 4.47 Å². The van der Waals surface area contributed by atoms with Gasteiger partial charge in [-0.2, -0.15) is 0 Å². The Morgan fingerprint density at radius 2 is 1.62 bits per heavy atom. The van der Waals surface area contributed by atoms with Crippen LogP contribution in [0.15, 0.2) is 28.7 Å². The molecule has 1 aromatic carbocycles. The van der Waals surface area contributed by atoms with Crippen molar-refractivity contribution < 1.29 is 22.7 Å². The van der Waals surface area contributed by atoms with Gasteiger partial charge in [-0.25, -0.2) is 17.6 Å². The minimum Gasteiger partial charge on any atom is -0.374 e. The molecule has 16 heavy (non-hydrogen) atoms. The minimum absolute atomic E-state index is 0.265. The summed E-state index contributed by atoms with van der Waals surface area (Å²) in [6.45, 7) is 0.265. The predicted octanol–water partition coefficient (Wildman–Crippen LogP) is 3.56. The molecule has 0 spiro atoms. The Hall–Kier alpha value is -0.620. The van der Waals surface area contributed by atoms with Gasteiger partial charge >= 0.3 is 0 Å². The van der Waals surface area contributed by atoms with Gasteiger partial charge in [0.05, 0.1) is 0 Å². The molecule has 1 nitrogen and oxygen atoms in total. The first-order valence-electron chi connectivity index (χ1n) is 4.34. The lowest BCUT2D eigenvalue weighted by Gasteiger charge is -2.33. The van der Waals surface area contributed by atoms with E-state index in [9.17, 15) is 22.7 Å². The van der Waals surface area contributed by atoms with Crippen LogP contribution in [0.5, 0.6) is 0 Å². The first kappa shape index (κ1) is 13.4. The molecule has 0 saturated carbocycles.